The maximum Gasteiger partial charge on any atom is 0.244 e. The van der Waals surface area contributed by atoms with E-state index in [-0.39, 0.29) is 30.7 Å². The fourth-order valence-corrected chi connectivity index (χ4v) is 3.88. The van der Waals surface area contributed by atoms with Crippen molar-refractivity contribution in [3.8, 4) is 5.75 Å². The van der Waals surface area contributed by atoms with Crippen LogP contribution < -0.4 is 15.0 Å². The van der Waals surface area contributed by atoms with Crippen LogP contribution in [0.15, 0.2) is 46.9 Å². The Morgan fingerprint density at radius 1 is 1.26 bits per heavy atom. The van der Waals surface area contributed by atoms with Crippen LogP contribution in [0.5, 0.6) is 5.75 Å². The highest BCUT2D eigenvalue weighted by atomic mass is 79.9. The number of halogens is 1. The molecule has 0 saturated carbocycles. The number of anilines is 2. The molecule has 0 aliphatic carbocycles. The number of amides is 3. The van der Waals surface area contributed by atoms with Crippen LogP contribution in [-0.4, -0.2) is 49.4 Å². The Labute approximate surface area is 190 Å². The van der Waals surface area contributed by atoms with Crippen molar-refractivity contribution in [3.05, 3.63) is 52.5 Å². The number of ether oxygens (including phenoxy) is 1. The number of para-hydroxylation sites is 2. The summed E-state index contributed by atoms with van der Waals surface area (Å²) in [5.74, 6) is -0.524. The van der Waals surface area contributed by atoms with Gasteiger partial charge in [0.1, 0.15) is 5.75 Å². The van der Waals surface area contributed by atoms with E-state index in [2.05, 4.69) is 21.2 Å². The Balaban J connectivity index is 1.65. The van der Waals surface area contributed by atoms with Crippen molar-refractivity contribution >= 4 is 45.0 Å². The number of nitrogens with one attached hydrogen (secondary N) is 1. The molecule has 1 aliphatic heterocycles. The van der Waals surface area contributed by atoms with E-state index in [9.17, 15) is 14.4 Å². The smallest absolute Gasteiger partial charge is 0.244 e. The minimum atomic E-state index is -0.476. The highest BCUT2D eigenvalue weighted by molar-refractivity contribution is 9.10. The monoisotopic (exact) mass is 487 g/mol. The van der Waals surface area contributed by atoms with Gasteiger partial charge in [-0.25, -0.2) is 0 Å². The summed E-state index contributed by atoms with van der Waals surface area (Å²) >= 11 is 3.46. The topological polar surface area (TPSA) is 79.0 Å². The van der Waals surface area contributed by atoms with Gasteiger partial charge in [0.2, 0.25) is 17.7 Å². The third-order valence-corrected chi connectivity index (χ3v) is 6.23. The first kappa shape index (κ1) is 22.8. The molecule has 2 aromatic carbocycles. The lowest BCUT2D eigenvalue weighted by molar-refractivity contribution is -0.138. The second-order valence-corrected chi connectivity index (χ2v) is 8.29. The van der Waals surface area contributed by atoms with Crippen molar-refractivity contribution in [2.75, 3.05) is 37.0 Å². The van der Waals surface area contributed by atoms with E-state index in [1.54, 1.807) is 23.1 Å². The first-order valence-corrected chi connectivity index (χ1v) is 10.9. The van der Waals surface area contributed by atoms with Gasteiger partial charge >= 0.3 is 0 Å². The molecule has 1 heterocycles. The van der Waals surface area contributed by atoms with E-state index in [1.807, 2.05) is 38.1 Å². The quantitative estimate of drug-likeness (QED) is 0.646. The Bertz CT molecular complexity index is 995. The zero-order valence-corrected chi connectivity index (χ0v) is 19.4. The molecular weight excluding hydrogens is 462 g/mol. The zero-order valence-electron chi connectivity index (χ0n) is 17.9. The summed E-state index contributed by atoms with van der Waals surface area (Å²) in [4.78, 5) is 41.3. The molecule has 8 heteroatoms. The second-order valence-electron chi connectivity index (χ2n) is 7.44. The van der Waals surface area contributed by atoms with Crippen LogP contribution in [0.1, 0.15) is 18.9 Å². The van der Waals surface area contributed by atoms with E-state index < -0.39 is 5.92 Å². The van der Waals surface area contributed by atoms with E-state index in [1.165, 1.54) is 12.0 Å². The van der Waals surface area contributed by atoms with Gasteiger partial charge in [-0.05, 0) is 49.7 Å². The van der Waals surface area contributed by atoms with Crippen LogP contribution in [0.2, 0.25) is 0 Å². The maximum atomic E-state index is 13.1. The number of rotatable bonds is 7. The third-order valence-electron chi connectivity index (χ3n) is 5.34. The number of carbonyl (C=O) groups excluding carboxylic acids is 3. The molecule has 1 aliphatic rings. The molecule has 7 nitrogen and oxygen atoms in total. The van der Waals surface area contributed by atoms with Crippen molar-refractivity contribution in [3.63, 3.8) is 0 Å². The first-order valence-electron chi connectivity index (χ1n) is 10.1. The van der Waals surface area contributed by atoms with Gasteiger partial charge in [0.15, 0.2) is 0 Å². The lowest BCUT2D eigenvalue weighted by Crippen LogP contribution is -2.42. The molecule has 0 aromatic heterocycles. The number of hydrogen-bond donors (Lipinski definition) is 1. The molecule has 0 bridgehead atoms. The molecular formula is C23H26BrN3O4. The summed E-state index contributed by atoms with van der Waals surface area (Å²) in [7, 11) is 1.53. The highest BCUT2D eigenvalue weighted by Crippen LogP contribution is 2.29. The molecule has 1 N–H and O–H groups in total. The van der Waals surface area contributed by atoms with Gasteiger partial charge in [-0.1, -0.05) is 28.1 Å². The summed E-state index contributed by atoms with van der Waals surface area (Å²) < 4.78 is 6.21. The Hall–Kier alpha value is -2.87. The fourth-order valence-electron chi connectivity index (χ4n) is 3.63. The van der Waals surface area contributed by atoms with Crippen molar-refractivity contribution in [2.24, 2.45) is 5.92 Å². The van der Waals surface area contributed by atoms with Crippen LogP contribution in [0.3, 0.4) is 0 Å². The second kappa shape index (κ2) is 9.96. The SMILES string of the molecule is CCN(CC(=O)Nc1ccccc1OC)C(=O)C1CC(=O)N(c2ccc(Br)c(C)c2)C1. The van der Waals surface area contributed by atoms with Gasteiger partial charge in [-0.2, -0.15) is 0 Å². The van der Waals surface area contributed by atoms with Gasteiger partial charge in [-0.3, -0.25) is 14.4 Å². The van der Waals surface area contributed by atoms with Crippen LogP contribution in [0.4, 0.5) is 11.4 Å². The van der Waals surface area contributed by atoms with Crippen molar-refractivity contribution in [2.45, 2.75) is 20.3 Å². The van der Waals surface area contributed by atoms with E-state index in [0.717, 1.165) is 15.7 Å². The molecule has 0 spiro atoms. The summed E-state index contributed by atoms with van der Waals surface area (Å²) in [6.45, 7) is 4.37. The Kier molecular flexibility index (Phi) is 7.33. The molecule has 1 atom stereocenters. The Morgan fingerprint density at radius 2 is 2.00 bits per heavy atom. The molecule has 1 unspecified atom stereocenters. The first-order chi connectivity index (χ1) is 14.8. The summed E-state index contributed by atoms with van der Waals surface area (Å²) in [6, 6.07) is 12.8. The number of aryl methyl sites for hydroxylation is 1. The number of benzene rings is 2. The van der Waals surface area contributed by atoms with Crippen LogP contribution in [0.25, 0.3) is 0 Å². The lowest BCUT2D eigenvalue weighted by atomic mass is 10.1. The lowest BCUT2D eigenvalue weighted by Gasteiger charge is -2.24. The predicted molar refractivity (Wildman–Crippen MR) is 123 cm³/mol. The molecule has 0 radical (unpaired) electrons. The van der Waals surface area contributed by atoms with Crippen molar-refractivity contribution in [1.29, 1.82) is 0 Å². The van der Waals surface area contributed by atoms with Crippen LogP contribution in [0, 0.1) is 12.8 Å². The highest BCUT2D eigenvalue weighted by Gasteiger charge is 2.37. The maximum absolute atomic E-state index is 13.1. The van der Waals surface area contributed by atoms with E-state index >= 15 is 0 Å². The minimum Gasteiger partial charge on any atom is -0.495 e. The van der Waals surface area contributed by atoms with Gasteiger partial charge in [0.05, 0.1) is 25.3 Å². The number of likely N-dealkylation sites (N-methyl/N-ethyl adjacent to an activating group) is 1. The fraction of sp³-hybridized carbons (Fsp3) is 0.348. The number of hydrogen-bond acceptors (Lipinski definition) is 4. The summed E-state index contributed by atoms with van der Waals surface area (Å²) in [5.41, 5.74) is 2.34. The van der Waals surface area contributed by atoms with E-state index in [0.29, 0.717) is 24.5 Å². The number of methoxy groups -OCH3 is 1. The van der Waals surface area contributed by atoms with Crippen molar-refractivity contribution in [1.82, 2.24) is 4.90 Å². The average Bonchev–Trinajstić information content (AvgIpc) is 3.15. The normalized spacial score (nSPS) is 15.7. The molecule has 2 aromatic rings. The van der Waals surface area contributed by atoms with Crippen molar-refractivity contribution < 1.29 is 19.1 Å². The molecule has 164 valence electrons. The predicted octanol–water partition coefficient (Wildman–Crippen LogP) is 3.61. The molecule has 1 fully saturated rings. The summed E-state index contributed by atoms with van der Waals surface area (Å²) in [5, 5.41) is 2.79. The number of carbonyl (C=O) groups is 3. The number of nitrogens with zero attached hydrogens (tertiary/aromatic N) is 2. The van der Waals surface area contributed by atoms with Gasteiger partial charge in [0.25, 0.3) is 0 Å². The summed E-state index contributed by atoms with van der Waals surface area (Å²) in [6.07, 6.45) is 0.137. The van der Waals surface area contributed by atoms with Crippen LogP contribution in [-0.2, 0) is 14.4 Å². The molecule has 31 heavy (non-hydrogen) atoms. The molecule has 3 amide bonds. The van der Waals surface area contributed by atoms with Gasteiger partial charge in [-0.15, -0.1) is 0 Å². The van der Waals surface area contributed by atoms with Gasteiger partial charge in [0, 0.05) is 29.7 Å². The standard InChI is InChI=1S/C23H26BrN3O4/c1-4-26(14-21(28)25-19-7-5-6-8-20(19)31-3)23(30)16-12-22(29)27(13-16)17-9-10-18(24)15(2)11-17/h5-11,16H,4,12-14H2,1-3H3,(H,25,28). The minimum absolute atomic E-state index is 0.0878. The molecule has 3 rings (SSSR count). The molecule has 1 saturated heterocycles. The van der Waals surface area contributed by atoms with E-state index in [4.69, 9.17) is 4.74 Å². The average molecular weight is 488 g/mol. The zero-order chi connectivity index (χ0) is 22.5. The van der Waals surface area contributed by atoms with Gasteiger partial charge < -0.3 is 19.9 Å². The van der Waals surface area contributed by atoms with Crippen LogP contribution >= 0.6 is 15.9 Å². The third kappa shape index (κ3) is 5.25. The largest absolute Gasteiger partial charge is 0.495 e. The Morgan fingerprint density at radius 3 is 2.68 bits per heavy atom.